The van der Waals surface area contributed by atoms with Crippen LogP contribution in [-0.2, 0) is 12.6 Å². The molecular weight excluding hydrogens is 371 g/mol. The molecule has 0 spiro atoms. The normalized spacial score (nSPS) is 13.2. The molecule has 0 N–H and O–H groups in total. The van der Waals surface area contributed by atoms with Crippen molar-refractivity contribution in [1.29, 1.82) is 0 Å². The number of rotatable bonds is 8. The Balaban J connectivity index is 1.59. The first-order chi connectivity index (χ1) is 13.9. The van der Waals surface area contributed by atoms with Crippen molar-refractivity contribution in [1.82, 2.24) is 4.90 Å². The molecule has 1 unspecified atom stereocenters. The van der Waals surface area contributed by atoms with E-state index in [1.807, 2.05) is 0 Å². The van der Waals surface area contributed by atoms with E-state index in [0.29, 0.717) is 12.3 Å². The Kier molecular flexibility index (Phi) is 6.96. The van der Waals surface area contributed by atoms with Crippen LogP contribution in [0.1, 0.15) is 42.9 Å². The number of benzene rings is 3. The van der Waals surface area contributed by atoms with Gasteiger partial charge in [0.25, 0.3) is 0 Å². The van der Waals surface area contributed by atoms with Gasteiger partial charge in [-0.2, -0.15) is 13.2 Å². The average Bonchev–Trinajstić information content (AvgIpc) is 2.72. The Morgan fingerprint density at radius 2 is 1.66 bits per heavy atom. The Hall–Kier alpha value is -2.33. The highest BCUT2D eigenvalue weighted by Crippen LogP contribution is 2.30. The lowest BCUT2D eigenvalue weighted by Crippen LogP contribution is -2.29. The SMILES string of the molecule is CCN(CCCc1cccc(C(F)(F)F)c1)CC(C)c1cccc2ccccc12. The predicted octanol–water partition coefficient (Wildman–Crippen LogP) is 6.92. The molecule has 0 aliphatic heterocycles. The van der Waals surface area contributed by atoms with Crippen LogP contribution in [0.25, 0.3) is 10.8 Å². The maximum Gasteiger partial charge on any atom is 0.416 e. The number of alkyl halides is 3. The third kappa shape index (κ3) is 5.60. The summed E-state index contributed by atoms with van der Waals surface area (Å²) in [5, 5.41) is 2.55. The standard InChI is InChI=1S/C25H28F3N/c1-3-29(16-8-10-20-9-6-13-22(17-20)25(26,27)28)18-19(2)23-15-7-12-21-11-4-5-14-24(21)23/h4-7,9,11-15,17,19H,3,8,10,16,18H2,1-2H3. The number of aryl methyl sites for hydroxylation is 1. The fourth-order valence-electron chi connectivity index (χ4n) is 3.95. The number of hydrogen-bond acceptors (Lipinski definition) is 1. The molecular formula is C25H28F3N. The zero-order valence-corrected chi connectivity index (χ0v) is 17.0. The molecule has 3 aromatic carbocycles. The Labute approximate surface area is 171 Å². The summed E-state index contributed by atoms with van der Waals surface area (Å²) in [6.45, 7) is 7.13. The third-order valence-electron chi connectivity index (χ3n) is 5.53. The monoisotopic (exact) mass is 399 g/mol. The number of likely N-dealkylation sites (N-methyl/N-ethyl adjacent to an activating group) is 1. The van der Waals surface area contributed by atoms with E-state index in [4.69, 9.17) is 0 Å². The molecule has 0 fully saturated rings. The largest absolute Gasteiger partial charge is 0.416 e. The number of hydrogen-bond donors (Lipinski definition) is 0. The average molecular weight is 400 g/mol. The molecule has 1 atom stereocenters. The van der Waals surface area contributed by atoms with Crippen molar-refractivity contribution in [3.05, 3.63) is 83.4 Å². The fourth-order valence-corrected chi connectivity index (χ4v) is 3.95. The van der Waals surface area contributed by atoms with E-state index < -0.39 is 11.7 Å². The molecule has 3 aromatic rings. The molecule has 0 aliphatic carbocycles. The fraction of sp³-hybridized carbons (Fsp3) is 0.360. The first-order valence-corrected chi connectivity index (χ1v) is 10.2. The zero-order chi connectivity index (χ0) is 20.9. The molecule has 3 rings (SSSR count). The molecule has 0 saturated carbocycles. The van der Waals surface area contributed by atoms with Gasteiger partial charge in [0.05, 0.1) is 5.56 Å². The van der Waals surface area contributed by atoms with Crippen molar-refractivity contribution in [3.8, 4) is 0 Å². The minimum Gasteiger partial charge on any atom is -0.303 e. The van der Waals surface area contributed by atoms with Crippen molar-refractivity contribution in [2.45, 2.75) is 38.8 Å². The van der Waals surface area contributed by atoms with Crippen molar-refractivity contribution in [2.75, 3.05) is 19.6 Å². The molecule has 0 aromatic heterocycles. The number of halogens is 3. The molecule has 4 heteroatoms. The molecule has 0 aliphatic rings. The van der Waals surface area contributed by atoms with Crippen molar-refractivity contribution < 1.29 is 13.2 Å². The molecule has 29 heavy (non-hydrogen) atoms. The summed E-state index contributed by atoms with van der Waals surface area (Å²) >= 11 is 0. The molecule has 0 bridgehead atoms. The summed E-state index contributed by atoms with van der Waals surface area (Å²) in [6, 6.07) is 20.6. The summed E-state index contributed by atoms with van der Waals surface area (Å²) in [4.78, 5) is 2.39. The van der Waals surface area contributed by atoms with Gasteiger partial charge in [0.1, 0.15) is 0 Å². The van der Waals surface area contributed by atoms with Gasteiger partial charge in [-0.15, -0.1) is 0 Å². The summed E-state index contributed by atoms with van der Waals surface area (Å²) in [5.74, 6) is 0.384. The van der Waals surface area contributed by atoms with Crippen LogP contribution < -0.4 is 0 Å². The van der Waals surface area contributed by atoms with Crippen molar-refractivity contribution in [2.24, 2.45) is 0 Å². The van der Waals surface area contributed by atoms with Crippen LogP contribution in [0.3, 0.4) is 0 Å². The first kappa shape index (κ1) is 21.4. The lowest BCUT2D eigenvalue weighted by Gasteiger charge is -2.25. The summed E-state index contributed by atoms with van der Waals surface area (Å²) in [7, 11) is 0. The molecule has 154 valence electrons. The highest BCUT2D eigenvalue weighted by molar-refractivity contribution is 5.86. The van der Waals surface area contributed by atoms with Gasteiger partial charge in [0, 0.05) is 6.54 Å². The van der Waals surface area contributed by atoms with Gasteiger partial charge in [-0.25, -0.2) is 0 Å². The van der Waals surface area contributed by atoms with Gasteiger partial charge in [0.15, 0.2) is 0 Å². The van der Waals surface area contributed by atoms with E-state index in [1.54, 1.807) is 6.07 Å². The van der Waals surface area contributed by atoms with Gasteiger partial charge < -0.3 is 4.90 Å². The Morgan fingerprint density at radius 1 is 0.931 bits per heavy atom. The van der Waals surface area contributed by atoms with Gasteiger partial charge in [-0.3, -0.25) is 0 Å². The number of fused-ring (bicyclic) bond motifs is 1. The maximum absolute atomic E-state index is 12.9. The topological polar surface area (TPSA) is 3.24 Å². The zero-order valence-electron chi connectivity index (χ0n) is 17.0. The molecule has 0 radical (unpaired) electrons. The third-order valence-corrected chi connectivity index (χ3v) is 5.53. The van der Waals surface area contributed by atoms with Crippen molar-refractivity contribution >= 4 is 10.8 Å². The van der Waals surface area contributed by atoms with Crippen LogP contribution in [0.15, 0.2) is 66.7 Å². The van der Waals surface area contributed by atoms with Crippen LogP contribution in [0.2, 0.25) is 0 Å². The molecule has 0 heterocycles. The van der Waals surface area contributed by atoms with Gasteiger partial charge in [-0.1, -0.05) is 74.5 Å². The summed E-state index contributed by atoms with van der Waals surface area (Å²) in [5.41, 5.74) is 1.53. The molecule has 0 saturated heterocycles. The van der Waals surface area contributed by atoms with E-state index in [9.17, 15) is 13.2 Å². The smallest absolute Gasteiger partial charge is 0.303 e. The van der Waals surface area contributed by atoms with E-state index in [0.717, 1.165) is 37.7 Å². The highest BCUT2D eigenvalue weighted by Gasteiger charge is 2.30. The van der Waals surface area contributed by atoms with Crippen LogP contribution in [0.5, 0.6) is 0 Å². The lowest BCUT2D eigenvalue weighted by atomic mass is 9.94. The van der Waals surface area contributed by atoms with Crippen LogP contribution >= 0.6 is 0 Å². The summed E-state index contributed by atoms with van der Waals surface area (Å²) < 4.78 is 38.6. The van der Waals surface area contributed by atoms with Crippen LogP contribution in [-0.4, -0.2) is 24.5 Å². The second-order valence-corrected chi connectivity index (χ2v) is 7.66. The van der Waals surface area contributed by atoms with Gasteiger partial charge in [0.2, 0.25) is 0 Å². The Bertz CT molecular complexity index is 927. The van der Waals surface area contributed by atoms with Gasteiger partial charge >= 0.3 is 6.18 Å². The first-order valence-electron chi connectivity index (χ1n) is 10.2. The number of nitrogens with zero attached hydrogens (tertiary/aromatic N) is 1. The molecule has 0 amide bonds. The predicted molar refractivity (Wildman–Crippen MR) is 114 cm³/mol. The Morgan fingerprint density at radius 3 is 2.41 bits per heavy atom. The van der Waals surface area contributed by atoms with Crippen LogP contribution in [0.4, 0.5) is 13.2 Å². The van der Waals surface area contributed by atoms with Crippen LogP contribution in [0, 0.1) is 0 Å². The van der Waals surface area contributed by atoms with Crippen molar-refractivity contribution in [3.63, 3.8) is 0 Å². The molecule has 1 nitrogen and oxygen atoms in total. The minimum absolute atomic E-state index is 0.384. The quantitative estimate of drug-likeness (QED) is 0.397. The second kappa shape index (κ2) is 9.45. The van der Waals surface area contributed by atoms with E-state index in [-0.39, 0.29) is 0 Å². The van der Waals surface area contributed by atoms with E-state index in [1.165, 1.54) is 28.5 Å². The lowest BCUT2D eigenvalue weighted by molar-refractivity contribution is -0.137. The second-order valence-electron chi connectivity index (χ2n) is 7.66. The van der Waals surface area contributed by atoms with E-state index >= 15 is 0 Å². The highest BCUT2D eigenvalue weighted by atomic mass is 19.4. The minimum atomic E-state index is -4.28. The van der Waals surface area contributed by atoms with Gasteiger partial charge in [-0.05, 0) is 59.8 Å². The summed E-state index contributed by atoms with van der Waals surface area (Å²) in [6.07, 6.45) is -2.78. The van der Waals surface area contributed by atoms with E-state index in [2.05, 4.69) is 61.2 Å². The maximum atomic E-state index is 12.9.